The quantitative estimate of drug-likeness (QED) is 0.758. The van der Waals surface area contributed by atoms with Crippen LogP contribution in [0.25, 0.3) is 0 Å². The number of likely N-dealkylation sites (tertiary alicyclic amines) is 1. The molecule has 0 aromatic rings. The maximum atomic E-state index is 12.4. The lowest BCUT2D eigenvalue weighted by Crippen LogP contribution is -2.45. The van der Waals surface area contributed by atoms with Gasteiger partial charge in [-0.2, -0.15) is 0 Å². The molecule has 2 heterocycles. The molecule has 0 aromatic heterocycles. The van der Waals surface area contributed by atoms with E-state index in [2.05, 4.69) is 12.2 Å². The second kappa shape index (κ2) is 6.50. The van der Waals surface area contributed by atoms with Crippen molar-refractivity contribution in [2.24, 2.45) is 11.8 Å². The molecule has 2 rings (SSSR count). The Bertz CT molecular complexity index is 285. The number of nitrogens with zero attached hydrogens (tertiary/aromatic N) is 1. The van der Waals surface area contributed by atoms with Gasteiger partial charge in [0.1, 0.15) is 0 Å². The van der Waals surface area contributed by atoms with Crippen LogP contribution in [-0.4, -0.2) is 63.4 Å². The molecule has 0 spiro atoms. The summed E-state index contributed by atoms with van der Waals surface area (Å²) in [5, 5.41) is 3.34. The number of methoxy groups -OCH3 is 1. The van der Waals surface area contributed by atoms with Crippen molar-refractivity contribution in [1.29, 1.82) is 0 Å². The highest BCUT2D eigenvalue weighted by molar-refractivity contribution is 5.80. The normalized spacial score (nSPS) is 32.1. The highest BCUT2D eigenvalue weighted by Gasteiger charge is 2.38. The number of rotatable bonds is 5. The molecule has 3 atom stereocenters. The summed E-state index contributed by atoms with van der Waals surface area (Å²) in [5.41, 5.74) is 0. The Morgan fingerprint density at radius 2 is 2.33 bits per heavy atom. The summed E-state index contributed by atoms with van der Waals surface area (Å²) in [6.07, 6.45) is 1.05. The van der Waals surface area contributed by atoms with Crippen molar-refractivity contribution < 1.29 is 14.3 Å². The monoisotopic (exact) mass is 256 g/mol. The van der Waals surface area contributed by atoms with Crippen LogP contribution in [0.4, 0.5) is 0 Å². The lowest BCUT2D eigenvalue weighted by molar-refractivity contribution is -0.135. The second-order valence-corrected chi connectivity index (χ2v) is 5.20. The van der Waals surface area contributed by atoms with Crippen LogP contribution in [0.2, 0.25) is 0 Å². The lowest BCUT2D eigenvalue weighted by Gasteiger charge is -2.24. The number of nitrogens with one attached hydrogen (secondary N) is 1. The molecule has 2 aliphatic rings. The molecule has 5 heteroatoms. The van der Waals surface area contributed by atoms with Crippen molar-refractivity contribution in [3.63, 3.8) is 0 Å². The molecule has 1 amide bonds. The van der Waals surface area contributed by atoms with Crippen LogP contribution in [-0.2, 0) is 14.3 Å². The fraction of sp³-hybridized carbons (Fsp3) is 0.923. The van der Waals surface area contributed by atoms with Gasteiger partial charge < -0.3 is 19.7 Å². The molecule has 0 bridgehead atoms. The van der Waals surface area contributed by atoms with E-state index in [4.69, 9.17) is 9.47 Å². The summed E-state index contributed by atoms with van der Waals surface area (Å²) < 4.78 is 10.6. The van der Waals surface area contributed by atoms with Crippen molar-refractivity contribution in [1.82, 2.24) is 10.2 Å². The molecule has 18 heavy (non-hydrogen) atoms. The predicted octanol–water partition coefficient (Wildman–Crippen LogP) is 0.106. The first-order chi connectivity index (χ1) is 8.76. The molecular weight excluding hydrogens is 232 g/mol. The van der Waals surface area contributed by atoms with Gasteiger partial charge in [-0.25, -0.2) is 0 Å². The molecule has 2 saturated heterocycles. The van der Waals surface area contributed by atoms with Crippen molar-refractivity contribution in [3.8, 4) is 0 Å². The summed E-state index contributed by atoms with van der Waals surface area (Å²) in [4.78, 5) is 14.4. The smallest absolute Gasteiger partial charge is 0.229 e. The van der Waals surface area contributed by atoms with Crippen molar-refractivity contribution in [2.45, 2.75) is 19.4 Å². The van der Waals surface area contributed by atoms with Gasteiger partial charge in [0.05, 0.1) is 25.7 Å². The Morgan fingerprint density at radius 1 is 1.50 bits per heavy atom. The summed E-state index contributed by atoms with van der Waals surface area (Å²) in [7, 11) is 1.72. The van der Waals surface area contributed by atoms with Gasteiger partial charge in [-0.1, -0.05) is 6.92 Å². The maximum Gasteiger partial charge on any atom is 0.229 e. The van der Waals surface area contributed by atoms with Crippen LogP contribution in [0.15, 0.2) is 0 Å². The molecule has 104 valence electrons. The first-order valence-electron chi connectivity index (χ1n) is 6.85. The zero-order chi connectivity index (χ0) is 13.0. The number of hydrogen-bond donors (Lipinski definition) is 1. The molecule has 3 unspecified atom stereocenters. The molecule has 2 fully saturated rings. The maximum absolute atomic E-state index is 12.4. The molecular formula is C13H24N2O3. The Hall–Kier alpha value is -0.650. The number of ether oxygens (including phenoxy) is 2. The Kier molecular flexibility index (Phi) is 4.97. The highest BCUT2D eigenvalue weighted by atomic mass is 16.5. The van der Waals surface area contributed by atoms with E-state index in [1.807, 2.05) is 4.90 Å². The van der Waals surface area contributed by atoms with Crippen LogP contribution < -0.4 is 5.32 Å². The number of carbonyl (C=O) groups is 1. The van der Waals surface area contributed by atoms with Gasteiger partial charge in [0.15, 0.2) is 0 Å². The average Bonchev–Trinajstić information content (AvgIpc) is 2.98. The molecule has 0 aromatic carbocycles. The van der Waals surface area contributed by atoms with E-state index in [0.29, 0.717) is 19.1 Å². The fourth-order valence-corrected chi connectivity index (χ4v) is 2.90. The number of hydrogen-bond acceptors (Lipinski definition) is 4. The van der Waals surface area contributed by atoms with Gasteiger partial charge >= 0.3 is 0 Å². The first-order valence-corrected chi connectivity index (χ1v) is 6.85. The summed E-state index contributed by atoms with van der Waals surface area (Å²) in [6, 6.07) is 0.184. The van der Waals surface area contributed by atoms with E-state index >= 15 is 0 Å². The third kappa shape index (κ3) is 3.02. The number of likely N-dealkylation sites (N-methyl/N-ethyl adjacent to an activating group) is 1. The molecule has 0 radical (unpaired) electrons. The fourth-order valence-electron chi connectivity index (χ4n) is 2.90. The van der Waals surface area contributed by atoms with E-state index in [1.165, 1.54) is 0 Å². The summed E-state index contributed by atoms with van der Waals surface area (Å²) >= 11 is 0. The Balaban J connectivity index is 1.87. The van der Waals surface area contributed by atoms with E-state index < -0.39 is 0 Å². The lowest BCUT2D eigenvalue weighted by atomic mass is 10.0. The third-order valence-electron chi connectivity index (χ3n) is 3.86. The molecule has 2 aliphatic heterocycles. The van der Waals surface area contributed by atoms with Crippen molar-refractivity contribution in [2.75, 3.05) is 46.6 Å². The minimum atomic E-state index is -0.00811. The van der Waals surface area contributed by atoms with Gasteiger partial charge in [0.25, 0.3) is 0 Å². The minimum Gasteiger partial charge on any atom is -0.384 e. The van der Waals surface area contributed by atoms with E-state index in [-0.39, 0.29) is 17.9 Å². The van der Waals surface area contributed by atoms with Crippen LogP contribution in [0.1, 0.15) is 13.3 Å². The number of carbonyl (C=O) groups excluding carboxylic acids is 1. The second-order valence-electron chi connectivity index (χ2n) is 5.20. The Labute approximate surface area is 109 Å². The van der Waals surface area contributed by atoms with Gasteiger partial charge in [0.2, 0.25) is 5.91 Å². The van der Waals surface area contributed by atoms with E-state index in [0.717, 1.165) is 32.7 Å². The average molecular weight is 256 g/mol. The predicted molar refractivity (Wildman–Crippen MR) is 68.3 cm³/mol. The van der Waals surface area contributed by atoms with Gasteiger partial charge in [-0.05, 0) is 13.0 Å². The third-order valence-corrected chi connectivity index (χ3v) is 3.86. The van der Waals surface area contributed by atoms with Gasteiger partial charge in [0, 0.05) is 32.2 Å². The summed E-state index contributed by atoms with van der Waals surface area (Å²) in [6.45, 7) is 6.60. The molecule has 1 N–H and O–H groups in total. The van der Waals surface area contributed by atoms with E-state index in [9.17, 15) is 4.79 Å². The first kappa shape index (κ1) is 13.8. The Morgan fingerprint density at radius 3 is 3.06 bits per heavy atom. The topological polar surface area (TPSA) is 50.8 Å². The molecule has 5 nitrogen and oxygen atoms in total. The van der Waals surface area contributed by atoms with Crippen LogP contribution in [0.3, 0.4) is 0 Å². The van der Waals surface area contributed by atoms with Crippen LogP contribution in [0.5, 0.6) is 0 Å². The van der Waals surface area contributed by atoms with E-state index in [1.54, 1.807) is 7.11 Å². The van der Waals surface area contributed by atoms with Gasteiger partial charge in [-0.3, -0.25) is 4.79 Å². The zero-order valence-electron chi connectivity index (χ0n) is 11.4. The largest absolute Gasteiger partial charge is 0.384 e. The van der Waals surface area contributed by atoms with Crippen LogP contribution >= 0.6 is 0 Å². The van der Waals surface area contributed by atoms with Crippen molar-refractivity contribution in [3.05, 3.63) is 0 Å². The standard InChI is InChI=1S/C13H24N2O3/c1-3-14-12-9-18-8-11(12)13(16)15-5-4-10(6-15)7-17-2/h10-12,14H,3-9H2,1-2H3. The zero-order valence-corrected chi connectivity index (χ0v) is 11.4. The summed E-state index contributed by atoms with van der Waals surface area (Å²) in [5.74, 6) is 0.738. The van der Waals surface area contributed by atoms with Crippen LogP contribution in [0, 0.1) is 11.8 Å². The van der Waals surface area contributed by atoms with Gasteiger partial charge in [-0.15, -0.1) is 0 Å². The molecule has 0 aliphatic carbocycles. The molecule has 0 saturated carbocycles. The minimum absolute atomic E-state index is 0.00811. The number of amides is 1. The SMILES string of the molecule is CCNC1COCC1C(=O)N1CCC(COC)C1. The van der Waals surface area contributed by atoms with Crippen molar-refractivity contribution >= 4 is 5.91 Å². The highest BCUT2D eigenvalue weighted by Crippen LogP contribution is 2.22.